The molecular formula is C13H13ClF3N3OS. The molecule has 1 aromatic carbocycles. The van der Waals surface area contributed by atoms with Crippen LogP contribution in [-0.2, 0) is 6.54 Å². The van der Waals surface area contributed by atoms with Crippen LogP contribution in [0.5, 0.6) is 0 Å². The van der Waals surface area contributed by atoms with Gasteiger partial charge in [0, 0.05) is 23.7 Å². The Labute approximate surface area is 135 Å². The van der Waals surface area contributed by atoms with Crippen molar-refractivity contribution in [1.29, 1.82) is 0 Å². The number of benzene rings is 1. The third-order valence-electron chi connectivity index (χ3n) is 3.13. The molecule has 0 fully saturated rings. The zero-order valence-corrected chi connectivity index (χ0v) is 13.1. The zero-order valence-electron chi connectivity index (χ0n) is 11.5. The lowest BCUT2D eigenvalue weighted by Gasteiger charge is -2.34. The molecule has 120 valence electrons. The average Bonchev–Trinajstić information content (AvgIpc) is 2.74. The van der Waals surface area contributed by atoms with E-state index in [9.17, 15) is 18.3 Å². The van der Waals surface area contributed by atoms with Crippen LogP contribution in [0, 0.1) is 0 Å². The van der Waals surface area contributed by atoms with E-state index in [0.717, 1.165) is 5.56 Å². The van der Waals surface area contributed by atoms with Crippen molar-refractivity contribution in [1.82, 2.24) is 10.3 Å². The van der Waals surface area contributed by atoms with Crippen LogP contribution in [0.15, 0.2) is 29.4 Å². The fraction of sp³-hybridized carbons (Fsp3) is 0.385. The highest BCUT2D eigenvalue weighted by Gasteiger charge is 2.62. The van der Waals surface area contributed by atoms with E-state index in [1.807, 2.05) is 0 Å². The van der Waals surface area contributed by atoms with Crippen molar-refractivity contribution in [2.75, 3.05) is 0 Å². The predicted octanol–water partition coefficient (Wildman–Crippen LogP) is 3.05. The van der Waals surface area contributed by atoms with Crippen molar-refractivity contribution in [3.8, 4) is 0 Å². The number of thiocarbonyl (C=S) groups is 1. The number of nitrogens with zero attached hydrogens (tertiary/aromatic N) is 2. The number of aliphatic hydroxyl groups is 1. The number of hydrazone groups is 1. The molecule has 0 radical (unpaired) electrons. The van der Waals surface area contributed by atoms with Crippen LogP contribution >= 0.6 is 23.8 Å². The van der Waals surface area contributed by atoms with Crippen LogP contribution in [0.3, 0.4) is 0 Å². The first-order valence-corrected chi connectivity index (χ1v) is 7.08. The van der Waals surface area contributed by atoms with Crippen molar-refractivity contribution in [3.63, 3.8) is 0 Å². The summed E-state index contributed by atoms with van der Waals surface area (Å²) in [5, 5.41) is 16.9. The van der Waals surface area contributed by atoms with Crippen molar-refractivity contribution in [2.24, 2.45) is 5.10 Å². The summed E-state index contributed by atoms with van der Waals surface area (Å²) >= 11 is 10.7. The minimum absolute atomic E-state index is 0.149. The molecule has 1 unspecified atom stereocenters. The highest BCUT2D eigenvalue weighted by molar-refractivity contribution is 7.80. The monoisotopic (exact) mass is 351 g/mol. The molecule has 0 amide bonds. The van der Waals surface area contributed by atoms with E-state index in [2.05, 4.69) is 10.4 Å². The highest BCUT2D eigenvalue weighted by Crippen LogP contribution is 2.40. The number of halogens is 4. The molecule has 0 saturated carbocycles. The molecule has 2 rings (SSSR count). The van der Waals surface area contributed by atoms with Crippen molar-refractivity contribution >= 4 is 34.6 Å². The first-order valence-electron chi connectivity index (χ1n) is 6.29. The van der Waals surface area contributed by atoms with Gasteiger partial charge in [-0.25, -0.2) is 0 Å². The second kappa shape index (κ2) is 6.02. The Morgan fingerprint density at radius 1 is 1.45 bits per heavy atom. The number of alkyl halides is 3. The molecule has 1 aliphatic rings. The fourth-order valence-corrected chi connectivity index (χ4v) is 2.40. The van der Waals surface area contributed by atoms with Gasteiger partial charge in [-0.2, -0.15) is 23.3 Å². The number of hydrogen-bond donors (Lipinski definition) is 2. The SMILES string of the molecule is CC1=NN(C(=S)NCc2ccc(Cl)cc2)C(O)(C(F)(F)F)C1. The summed E-state index contributed by atoms with van der Waals surface area (Å²) in [4.78, 5) is 0. The van der Waals surface area contributed by atoms with Crippen LogP contribution in [0.2, 0.25) is 5.02 Å². The van der Waals surface area contributed by atoms with E-state index in [4.69, 9.17) is 23.8 Å². The quantitative estimate of drug-likeness (QED) is 0.804. The van der Waals surface area contributed by atoms with Gasteiger partial charge in [0.15, 0.2) is 5.11 Å². The Balaban J connectivity index is 2.09. The van der Waals surface area contributed by atoms with Crippen molar-refractivity contribution < 1.29 is 18.3 Å². The third-order valence-corrected chi connectivity index (χ3v) is 3.70. The molecular weight excluding hydrogens is 339 g/mol. The van der Waals surface area contributed by atoms with Crippen LogP contribution in [0.25, 0.3) is 0 Å². The van der Waals surface area contributed by atoms with E-state index in [1.54, 1.807) is 24.3 Å². The summed E-state index contributed by atoms with van der Waals surface area (Å²) in [6, 6.07) is 6.75. The molecule has 4 nitrogen and oxygen atoms in total. The average molecular weight is 352 g/mol. The lowest BCUT2D eigenvalue weighted by Crippen LogP contribution is -2.58. The molecule has 0 saturated heterocycles. The maximum absolute atomic E-state index is 13.1. The first kappa shape index (κ1) is 17.0. The minimum Gasteiger partial charge on any atom is -0.362 e. The maximum Gasteiger partial charge on any atom is 0.438 e. The van der Waals surface area contributed by atoms with Crippen molar-refractivity contribution in [2.45, 2.75) is 31.8 Å². The largest absolute Gasteiger partial charge is 0.438 e. The van der Waals surface area contributed by atoms with Crippen molar-refractivity contribution in [3.05, 3.63) is 34.9 Å². The zero-order chi connectivity index (χ0) is 16.5. The van der Waals surface area contributed by atoms with Gasteiger partial charge in [0.1, 0.15) is 0 Å². The number of hydrogen-bond acceptors (Lipinski definition) is 3. The topological polar surface area (TPSA) is 47.9 Å². The molecule has 9 heteroatoms. The standard InChI is InChI=1S/C13H13ClF3N3OS/c1-8-6-12(21,13(15,16)17)20(19-8)11(22)18-7-9-2-4-10(14)5-3-9/h2-5,21H,6-7H2,1H3,(H,18,22). The Kier molecular flexibility index (Phi) is 4.65. The van der Waals surface area contributed by atoms with Gasteiger partial charge in [-0.3, -0.25) is 0 Å². The van der Waals surface area contributed by atoms with Gasteiger partial charge < -0.3 is 10.4 Å². The predicted molar refractivity (Wildman–Crippen MR) is 81.5 cm³/mol. The molecule has 0 aliphatic carbocycles. The molecule has 22 heavy (non-hydrogen) atoms. The van der Waals surface area contributed by atoms with E-state index in [-0.39, 0.29) is 17.4 Å². The van der Waals surface area contributed by atoms with Gasteiger partial charge in [-0.1, -0.05) is 23.7 Å². The summed E-state index contributed by atoms with van der Waals surface area (Å²) < 4.78 is 39.2. The molecule has 0 aromatic heterocycles. The van der Waals surface area contributed by atoms with Gasteiger partial charge in [0.05, 0.1) is 0 Å². The molecule has 1 aliphatic heterocycles. The molecule has 0 spiro atoms. The molecule has 1 heterocycles. The summed E-state index contributed by atoms with van der Waals surface area (Å²) in [6.45, 7) is 1.59. The Morgan fingerprint density at radius 3 is 2.59 bits per heavy atom. The van der Waals surface area contributed by atoms with Gasteiger partial charge in [-0.15, -0.1) is 0 Å². The lowest BCUT2D eigenvalue weighted by atomic mass is 10.1. The lowest BCUT2D eigenvalue weighted by molar-refractivity contribution is -0.294. The van der Waals surface area contributed by atoms with E-state index in [0.29, 0.717) is 10.0 Å². The summed E-state index contributed by atoms with van der Waals surface area (Å²) in [5.41, 5.74) is -2.18. The Hall–Kier alpha value is -1.38. The van der Waals surface area contributed by atoms with E-state index < -0.39 is 18.3 Å². The van der Waals surface area contributed by atoms with E-state index in [1.165, 1.54) is 6.92 Å². The van der Waals surface area contributed by atoms with Crippen LogP contribution in [0.1, 0.15) is 18.9 Å². The van der Waals surface area contributed by atoms with Gasteiger partial charge >= 0.3 is 6.18 Å². The molecule has 0 bridgehead atoms. The summed E-state index contributed by atoms with van der Waals surface area (Å²) in [5.74, 6) is 0. The number of nitrogens with one attached hydrogen (secondary N) is 1. The normalized spacial score (nSPS) is 21.7. The number of rotatable bonds is 2. The highest BCUT2D eigenvalue weighted by atomic mass is 35.5. The summed E-state index contributed by atoms with van der Waals surface area (Å²) in [7, 11) is 0. The van der Waals surface area contributed by atoms with Gasteiger partial charge in [0.25, 0.3) is 5.72 Å². The van der Waals surface area contributed by atoms with Gasteiger partial charge in [0.2, 0.25) is 0 Å². The second-order valence-corrected chi connectivity index (χ2v) is 5.75. The minimum atomic E-state index is -4.87. The van der Waals surface area contributed by atoms with Crippen LogP contribution in [-0.4, -0.2) is 32.8 Å². The molecule has 1 aromatic rings. The molecule has 1 atom stereocenters. The Bertz CT molecular complexity index is 606. The van der Waals surface area contributed by atoms with Crippen LogP contribution < -0.4 is 5.32 Å². The smallest absolute Gasteiger partial charge is 0.362 e. The third kappa shape index (κ3) is 3.34. The summed E-state index contributed by atoms with van der Waals surface area (Å²) in [6.07, 6.45) is -5.51. The fourth-order valence-electron chi connectivity index (χ4n) is 2.01. The maximum atomic E-state index is 13.1. The van der Waals surface area contributed by atoms with E-state index >= 15 is 0 Å². The Morgan fingerprint density at radius 2 is 2.05 bits per heavy atom. The van der Waals surface area contributed by atoms with Gasteiger partial charge in [-0.05, 0) is 36.8 Å². The second-order valence-electron chi connectivity index (χ2n) is 4.92. The molecule has 2 N–H and O–H groups in total. The first-order chi connectivity index (χ1) is 10.1. The van der Waals surface area contributed by atoms with Crippen LogP contribution in [0.4, 0.5) is 13.2 Å².